The molecule has 0 unspecified atom stereocenters. The number of carbonyl (C=O) groups is 1. The first kappa shape index (κ1) is 16.3. The van der Waals surface area contributed by atoms with Gasteiger partial charge >= 0.3 is 6.18 Å². The Morgan fingerprint density at radius 1 is 1.45 bits per heavy atom. The molecule has 0 bridgehead atoms. The number of amides is 1. The van der Waals surface area contributed by atoms with Crippen LogP contribution in [0.2, 0.25) is 0 Å². The zero-order valence-corrected chi connectivity index (χ0v) is 12.0. The molecule has 0 saturated carbocycles. The van der Waals surface area contributed by atoms with E-state index in [-0.39, 0.29) is 11.6 Å². The molecule has 9 heteroatoms. The van der Waals surface area contributed by atoms with Crippen molar-refractivity contribution >= 4 is 11.9 Å². The molecule has 122 valence electrons. The molecule has 1 aromatic heterocycles. The first-order valence-corrected chi connectivity index (χ1v) is 6.92. The minimum absolute atomic E-state index is 0.247. The Morgan fingerprint density at radius 3 is 2.64 bits per heavy atom. The quantitative estimate of drug-likeness (QED) is 0.875. The van der Waals surface area contributed by atoms with Gasteiger partial charge in [-0.1, -0.05) is 0 Å². The molecule has 1 aliphatic heterocycles. The van der Waals surface area contributed by atoms with Crippen molar-refractivity contribution in [2.24, 2.45) is 0 Å². The number of anilines is 1. The highest BCUT2D eigenvalue weighted by atomic mass is 19.4. The molecule has 0 aliphatic carbocycles. The minimum Gasteiger partial charge on any atom is -0.353 e. The van der Waals surface area contributed by atoms with Crippen LogP contribution in [0.5, 0.6) is 0 Å². The van der Waals surface area contributed by atoms with Gasteiger partial charge in [0.2, 0.25) is 11.9 Å². The number of rotatable bonds is 3. The summed E-state index contributed by atoms with van der Waals surface area (Å²) in [6.45, 7) is 2.72. The zero-order chi connectivity index (χ0) is 16.3. The smallest absolute Gasteiger partial charge is 0.353 e. The van der Waals surface area contributed by atoms with Crippen molar-refractivity contribution in [1.82, 2.24) is 15.3 Å². The van der Waals surface area contributed by atoms with Gasteiger partial charge in [0, 0.05) is 30.9 Å². The fourth-order valence-corrected chi connectivity index (χ4v) is 2.41. The predicted molar refractivity (Wildman–Crippen MR) is 73.6 cm³/mol. The average molecular weight is 318 g/mol. The lowest BCUT2D eigenvalue weighted by Crippen LogP contribution is -2.46. The van der Waals surface area contributed by atoms with E-state index in [1.54, 1.807) is 6.92 Å². The number of aromatic nitrogens is 2. The first-order chi connectivity index (χ1) is 10.2. The number of alkyl halides is 3. The maximum absolute atomic E-state index is 12.1. The van der Waals surface area contributed by atoms with Crippen LogP contribution in [-0.2, 0) is 4.79 Å². The van der Waals surface area contributed by atoms with Crippen molar-refractivity contribution in [2.45, 2.75) is 38.4 Å². The molecule has 1 saturated heterocycles. The maximum atomic E-state index is 12.1. The van der Waals surface area contributed by atoms with E-state index in [2.05, 4.69) is 15.3 Å². The lowest BCUT2D eigenvalue weighted by molar-refractivity contribution is -0.154. The summed E-state index contributed by atoms with van der Waals surface area (Å²) in [5.74, 6) is -0.557. The second-order valence-electron chi connectivity index (χ2n) is 5.33. The van der Waals surface area contributed by atoms with Gasteiger partial charge in [0.1, 0.15) is 6.42 Å². The molecule has 0 aromatic carbocycles. The topological polar surface area (TPSA) is 78.1 Å². The van der Waals surface area contributed by atoms with E-state index in [0.717, 1.165) is 0 Å². The molecule has 22 heavy (non-hydrogen) atoms. The van der Waals surface area contributed by atoms with Gasteiger partial charge in [-0.3, -0.25) is 14.6 Å². The van der Waals surface area contributed by atoms with E-state index >= 15 is 0 Å². The van der Waals surface area contributed by atoms with Crippen LogP contribution in [0, 0.1) is 6.92 Å². The number of aryl methyl sites for hydroxylation is 1. The number of carbonyl (C=O) groups excluding carboxylic acids is 1. The number of piperidine rings is 1. The Kier molecular flexibility index (Phi) is 4.72. The van der Waals surface area contributed by atoms with Gasteiger partial charge < -0.3 is 10.2 Å². The largest absolute Gasteiger partial charge is 0.397 e. The number of aromatic amines is 1. The lowest BCUT2D eigenvalue weighted by Gasteiger charge is -2.32. The highest BCUT2D eigenvalue weighted by Crippen LogP contribution is 2.20. The Morgan fingerprint density at radius 2 is 2.09 bits per heavy atom. The van der Waals surface area contributed by atoms with Gasteiger partial charge in [-0.25, -0.2) is 4.98 Å². The van der Waals surface area contributed by atoms with Crippen molar-refractivity contribution in [3.05, 3.63) is 22.1 Å². The van der Waals surface area contributed by atoms with Crippen LogP contribution in [0.3, 0.4) is 0 Å². The third-order valence-electron chi connectivity index (χ3n) is 3.38. The molecular weight excluding hydrogens is 301 g/mol. The van der Waals surface area contributed by atoms with E-state index in [1.165, 1.54) is 6.07 Å². The Labute approximate surface area is 124 Å². The van der Waals surface area contributed by atoms with Crippen molar-refractivity contribution in [1.29, 1.82) is 0 Å². The predicted octanol–water partition coefficient (Wildman–Crippen LogP) is 1.12. The van der Waals surface area contributed by atoms with Gasteiger partial charge in [0.05, 0.1) is 0 Å². The third kappa shape index (κ3) is 4.74. The Bertz CT molecular complexity index is 592. The number of halogens is 3. The molecule has 0 radical (unpaired) electrons. The Balaban J connectivity index is 1.88. The standard InChI is InChI=1S/C13H17F3N4O2/c1-8-6-10(21)19-12(17-8)20-4-2-9(3-5-20)18-11(22)7-13(14,15)16/h6,9H,2-5,7H2,1H3,(H,18,22)(H,17,19,21). The van der Waals surface area contributed by atoms with Crippen LogP contribution in [0.1, 0.15) is 25.0 Å². The van der Waals surface area contributed by atoms with Gasteiger partial charge in [-0.15, -0.1) is 0 Å². The normalized spacial score (nSPS) is 16.6. The highest BCUT2D eigenvalue weighted by molar-refractivity contribution is 5.76. The van der Waals surface area contributed by atoms with Crippen molar-refractivity contribution in [2.75, 3.05) is 18.0 Å². The average Bonchev–Trinajstić information content (AvgIpc) is 2.36. The summed E-state index contributed by atoms with van der Waals surface area (Å²) >= 11 is 0. The molecule has 0 spiro atoms. The van der Waals surface area contributed by atoms with Gasteiger partial charge in [0.25, 0.3) is 5.56 Å². The molecule has 2 N–H and O–H groups in total. The molecular formula is C13H17F3N4O2. The maximum Gasteiger partial charge on any atom is 0.397 e. The van der Waals surface area contributed by atoms with E-state index in [9.17, 15) is 22.8 Å². The summed E-state index contributed by atoms with van der Waals surface area (Å²) in [5, 5.41) is 2.39. The number of nitrogens with zero attached hydrogens (tertiary/aromatic N) is 2. The SMILES string of the molecule is Cc1cc(=O)[nH]c(N2CCC(NC(=O)CC(F)(F)F)CC2)n1. The Hall–Kier alpha value is -2.06. The van der Waals surface area contributed by atoms with Gasteiger partial charge in [-0.05, 0) is 19.8 Å². The lowest BCUT2D eigenvalue weighted by atomic mass is 10.1. The molecule has 0 atom stereocenters. The number of H-pyrrole nitrogens is 1. The van der Waals surface area contributed by atoms with Crippen molar-refractivity contribution in [3.8, 4) is 0 Å². The summed E-state index contributed by atoms with van der Waals surface area (Å²) in [6.07, 6.45) is -4.95. The zero-order valence-electron chi connectivity index (χ0n) is 12.0. The van der Waals surface area contributed by atoms with Crippen LogP contribution >= 0.6 is 0 Å². The summed E-state index contributed by atoms with van der Waals surface area (Å²) in [6, 6.07) is 1.09. The molecule has 1 amide bonds. The second-order valence-corrected chi connectivity index (χ2v) is 5.33. The van der Waals surface area contributed by atoms with Crippen LogP contribution in [0.4, 0.5) is 19.1 Å². The molecule has 2 rings (SSSR count). The molecule has 6 nitrogen and oxygen atoms in total. The number of hydrogen-bond donors (Lipinski definition) is 2. The minimum atomic E-state index is -4.49. The van der Waals surface area contributed by atoms with E-state index in [0.29, 0.717) is 37.6 Å². The summed E-state index contributed by atoms with van der Waals surface area (Å²) < 4.78 is 36.3. The van der Waals surface area contributed by atoms with Crippen LogP contribution in [-0.4, -0.2) is 41.2 Å². The van der Waals surface area contributed by atoms with E-state index in [4.69, 9.17) is 0 Å². The number of nitrogens with one attached hydrogen (secondary N) is 2. The van der Waals surface area contributed by atoms with Crippen molar-refractivity contribution in [3.63, 3.8) is 0 Å². The van der Waals surface area contributed by atoms with Gasteiger partial charge in [0.15, 0.2) is 0 Å². The van der Waals surface area contributed by atoms with E-state index < -0.39 is 18.5 Å². The molecule has 2 heterocycles. The van der Waals surface area contributed by atoms with Gasteiger partial charge in [-0.2, -0.15) is 13.2 Å². The monoisotopic (exact) mass is 318 g/mol. The fraction of sp³-hybridized carbons (Fsp3) is 0.615. The fourth-order valence-electron chi connectivity index (χ4n) is 2.41. The van der Waals surface area contributed by atoms with E-state index in [1.807, 2.05) is 4.90 Å². The van der Waals surface area contributed by atoms with Crippen LogP contribution in [0.25, 0.3) is 0 Å². The highest BCUT2D eigenvalue weighted by Gasteiger charge is 2.32. The van der Waals surface area contributed by atoms with Crippen molar-refractivity contribution < 1.29 is 18.0 Å². The summed E-state index contributed by atoms with van der Waals surface area (Å²) in [4.78, 5) is 31.4. The summed E-state index contributed by atoms with van der Waals surface area (Å²) in [5.41, 5.74) is 0.349. The third-order valence-corrected chi connectivity index (χ3v) is 3.38. The number of hydrogen-bond acceptors (Lipinski definition) is 4. The molecule has 1 aromatic rings. The molecule has 1 aliphatic rings. The van der Waals surface area contributed by atoms with Crippen LogP contribution < -0.4 is 15.8 Å². The molecule has 1 fully saturated rings. The first-order valence-electron chi connectivity index (χ1n) is 6.92. The second kappa shape index (κ2) is 6.37. The summed E-state index contributed by atoms with van der Waals surface area (Å²) in [7, 11) is 0. The van der Waals surface area contributed by atoms with Crippen LogP contribution in [0.15, 0.2) is 10.9 Å².